The van der Waals surface area contributed by atoms with E-state index in [1.807, 2.05) is 0 Å². The van der Waals surface area contributed by atoms with Crippen LogP contribution in [0.5, 0.6) is 0 Å². The summed E-state index contributed by atoms with van der Waals surface area (Å²) in [6.45, 7) is 1.23. The van der Waals surface area contributed by atoms with Crippen LogP contribution < -0.4 is 5.32 Å². The number of rotatable bonds is 7. The Morgan fingerprint density at radius 3 is 2.31 bits per heavy atom. The minimum absolute atomic E-state index is 0.0163. The molecule has 0 aliphatic heterocycles. The lowest BCUT2D eigenvalue weighted by Gasteiger charge is -2.15. The van der Waals surface area contributed by atoms with Gasteiger partial charge in [-0.2, -0.15) is 0 Å². The van der Waals surface area contributed by atoms with Crippen molar-refractivity contribution in [2.24, 2.45) is 0 Å². The molecule has 0 aromatic heterocycles. The Balaban J connectivity index is 2.03. The van der Waals surface area contributed by atoms with E-state index < -0.39 is 28.5 Å². The van der Waals surface area contributed by atoms with Crippen molar-refractivity contribution in [3.63, 3.8) is 0 Å². The maximum Gasteiger partial charge on any atom is 0.340 e. The van der Waals surface area contributed by atoms with Gasteiger partial charge in [-0.25, -0.2) is 17.5 Å². The summed E-state index contributed by atoms with van der Waals surface area (Å²) in [5, 5.41) is 3.29. The van der Waals surface area contributed by atoms with Crippen molar-refractivity contribution in [2.45, 2.75) is 17.9 Å². The largest absolute Gasteiger partial charge is 0.452 e. The molecule has 0 bridgehead atoms. The lowest BCUT2D eigenvalue weighted by molar-refractivity contribution is -0.124. The molecule has 1 amide bonds. The number of sulfonamides is 1. The summed E-state index contributed by atoms with van der Waals surface area (Å²) in [6, 6.07) is 10.3. The van der Waals surface area contributed by atoms with Gasteiger partial charge in [0, 0.05) is 19.1 Å². The number of esters is 1. The maximum absolute atomic E-state index is 12.3. The molecule has 0 radical (unpaired) electrons. The SMILES string of the molecule is CC(NC(=O)COC(=O)c1cc(S(=O)(=O)N(C)C)ccc1Cl)c1ccc(Cl)cc1. The number of ether oxygens (including phenoxy) is 1. The summed E-state index contributed by atoms with van der Waals surface area (Å²) in [4.78, 5) is 24.3. The van der Waals surface area contributed by atoms with Gasteiger partial charge in [0.2, 0.25) is 10.0 Å². The normalized spacial score (nSPS) is 12.5. The van der Waals surface area contributed by atoms with E-state index in [0.29, 0.717) is 5.02 Å². The van der Waals surface area contributed by atoms with Crippen molar-refractivity contribution >= 4 is 45.1 Å². The van der Waals surface area contributed by atoms with Gasteiger partial charge in [-0.1, -0.05) is 35.3 Å². The highest BCUT2D eigenvalue weighted by Crippen LogP contribution is 2.23. The minimum atomic E-state index is -3.75. The Bertz CT molecular complexity index is 1010. The molecule has 2 aromatic carbocycles. The summed E-state index contributed by atoms with van der Waals surface area (Å²) in [5.74, 6) is -1.42. The molecule has 0 spiro atoms. The number of carbonyl (C=O) groups is 2. The molecule has 0 saturated heterocycles. The van der Waals surface area contributed by atoms with E-state index in [-0.39, 0.29) is 21.5 Å². The van der Waals surface area contributed by atoms with Gasteiger partial charge in [0.15, 0.2) is 6.61 Å². The van der Waals surface area contributed by atoms with Crippen LogP contribution in [0, 0.1) is 0 Å². The fourth-order valence-corrected chi connectivity index (χ4v) is 3.61. The van der Waals surface area contributed by atoms with E-state index in [1.54, 1.807) is 31.2 Å². The molecule has 156 valence electrons. The van der Waals surface area contributed by atoms with Gasteiger partial charge in [-0.3, -0.25) is 4.79 Å². The molecule has 29 heavy (non-hydrogen) atoms. The third-order valence-electron chi connectivity index (χ3n) is 4.02. The third-order valence-corrected chi connectivity index (χ3v) is 6.41. The van der Waals surface area contributed by atoms with Crippen LogP contribution in [0.2, 0.25) is 10.0 Å². The molecule has 0 fully saturated rings. The van der Waals surface area contributed by atoms with Crippen LogP contribution in [0.3, 0.4) is 0 Å². The Morgan fingerprint density at radius 2 is 1.72 bits per heavy atom. The average Bonchev–Trinajstić information content (AvgIpc) is 2.66. The number of hydrogen-bond donors (Lipinski definition) is 1. The predicted molar refractivity (Wildman–Crippen MR) is 111 cm³/mol. The second kappa shape index (κ2) is 9.58. The highest BCUT2D eigenvalue weighted by atomic mass is 35.5. The molecule has 7 nitrogen and oxygen atoms in total. The Labute approximate surface area is 179 Å². The lowest BCUT2D eigenvalue weighted by Crippen LogP contribution is -2.31. The summed E-state index contributed by atoms with van der Waals surface area (Å²) in [5.41, 5.74) is 0.687. The van der Waals surface area contributed by atoms with E-state index in [4.69, 9.17) is 27.9 Å². The third kappa shape index (κ3) is 5.93. The molecule has 2 aromatic rings. The van der Waals surface area contributed by atoms with Crippen LogP contribution in [0.4, 0.5) is 0 Å². The van der Waals surface area contributed by atoms with Gasteiger partial charge in [0.25, 0.3) is 5.91 Å². The molecule has 0 aliphatic rings. The van der Waals surface area contributed by atoms with Crippen molar-refractivity contribution < 1.29 is 22.7 Å². The lowest BCUT2D eigenvalue weighted by atomic mass is 10.1. The molecular weight excluding hydrogens is 439 g/mol. The van der Waals surface area contributed by atoms with Crippen molar-refractivity contribution in [3.8, 4) is 0 Å². The van der Waals surface area contributed by atoms with Gasteiger partial charge in [-0.05, 0) is 42.8 Å². The van der Waals surface area contributed by atoms with Gasteiger partial charge in [-0.15, -0.1) is 0 Å². The smallest absolute Gasteiger partial charge is 0.340 e. The second-order valence-corrected chi connectivity index (χ2v) is 9.34. The van der Waals surface area contributed by atoms with Crippen LogP contribution in [-0.2, 0) is 19.6 Å². The highest BCUT2D eigenvalue weighted by Gasteiger charge is 2.22. The van der Waals surface area contributed by atoms with Gasteiger partial charge >= 0.3 is 5.97 Å². The van der Waals surface area contributed by atoms with Crippen LogP contribution in [0.15, 0.2) is 47.4 Å². The molecule has 1 N–H and O–H groups in total. The second-order valence-electron chi connectivity index (χ2n) is 6.35. The zero-order valence-electron chi connectivity index (χ0n) is 16.0. The number of halogens is 2. The molecule has 1 unspecified atom stereocenters. The molecular formula is C19H20Cl2N2O5S. The van der Waals surface area contributed by atoms with Crippen LogP contribution in [0.25, 0.3) is 0 Å². The van der Waals surface area contributed by atoms with E-state index in [2.05, 4.69) is 5.32 Å². The monoisotopic (exact) mass is 458 g/mol. The first-order valence-electron chi connectivity index (χ1n) is 8.46. The molecule has 0 aliphatic carbocycles. The molecule has 0 heterocycles. The molecule has 2 rings (SSSR count). The Morgan fingerprint density at radius 1 is 1.10 bits per heavy atom. The number of benzene rings is 2. The Hall–Kier alpha value is -2.13. The van der Waals surface area contributed by atoms with Crippen molar-refractivity contribution in [1.29, 1.82) is 0 Å². The summed E-state index contributed by atoms with van der Waals surface area (Å²) < 4.78 is 30.4. The fourth-order valence-electron chi connectivity index (χ4n) is 2.36. The zero-order chi connectivity index (χ0) is 21.8. The number of amides is 1. The van der Waals surface area contributed by atoms with Crippen molar-refractivity contribution in [3.05, 3.63) is 63.6 Å². The predicted octanol–water partition coefficient (Wildman–Crippen LogP) is 3.28. The van der Waals surface area contributed by atoms with Crippen molar-refractivity contribution in [1.82, 2.24) is 9.62 Å². The van der Waals surface area contributed by atoms with E-state index in [9.17, 15) is 18.0 Å². The maximum atomic E-state index is 12.3. The van der Waals surface area contributed by atoms with Gasteiger partial charge < -0.3 is 10.1 Å². The first-order valence-corrected chi connectivity index (χ1v) is 10.7. The van der Waals surface area contributed by atoms with Crippen LogP contribution in [-0.4, -0.2) is 45.3 Å². The number of nitrogens with one attached hydrogen (secondary N) is 1. The quantitative estimate of drug-likeness (QED) is 0.642. The topological polar surface area (TPSA) is 92.8 Å². The zero-order valence-corrected chi connectivity index (χ0v) is 18.3. The fraction of sp³-hybridized carbons (Fsp3) is 0.263. The van der Waals surface area contributed by atoms with Crippen LogP contribution >= 0.6 is 23.2 Å². The Kier molecular flexibility index (Phi) is 7.65. The van der Waals surface area contributed by atoms with E-state index in [1.165, 1.54) is 26.2 Å². The number of nitrogens with zero attached hydrogens (tertiary/aromatic N) is 1. The summed E-state index contributed by atoms with van der Waals surface area (Å²) >= 11 is 11.8. The number of carbonyl (C=O) groups excluding carboxylic acids is 2. The first kappa shape index (κ1) is 23.2. The summed E-state index contributed by atoms with van der Waals surface area (Å²) in [6.07, 6.45) is 0. The molecule has 1 atom stereocenters. The first-order chi connectivity index (χ1) is 13.5. The van der Waals surface area contributed by atoms with Crippen molar-refractivity contribution in [2.75, 3.05) is 20.7 Å². The standard InChI is InChI=1S/C19H20Cl2N2O5S/c1-12(13-4-6-14(20)7-5-13)22-18(24)11-28-19(25)16-10-15(8-9-17(16)21)29(26,27)23(2)3/h4-10,12H,11H2,1-3H3,(H,22,24). The molecule has 0 saturated carbocycles. The number of hydrogen-bond acceptors (Lipinski definition) is 5. The average molecular weight is 459 g/mol. The minimum Gasteiger partial charge on any atom is -0.452 e. The van der Waals surface area contributed by atoms with Gasteiger partial charge in [0.05, 0.1) is 21.5 Å². The van der Waals surface area contributed by atoms with Gasteiger partial charge in [0.1, 0.15) is 0 Å². The summed E-state index contributed by atoms with van der Waals surface area (Å²) in [7, 11) is -1.01. The molecule has 10 heteroatoms. The highest BCUT2D eigenvalue weighted by molar-refractivity contribution is 7.89. The van der Waals surface area contributed by atoms with E-state index in [0.717, 1.165) is 15.9 Å². The van der Waals surface area contributed by atoms with E-state index >= 15 is 0 Å². The van der Waals surface area contributed by atoms with Crippen LogP contribution in [0.1, 0.15) is 28.9 Å².